The Morgan fingerprint density at radius 1 is 1.57 bits per heavy atom. The van der Waals surface area contributed by atoms with Gasteiger partial charge in [-0.1, -0.05) is 6.92 Å². The fraction of sp³-hybridized carbons (Fsp3) is 0.625. The second-order valence-corrected chi connectivity index (χ2v) is 5.05. The summed E-state index contributed by atoms with van der Waals surface area (Å²) in [4.78, 5) is 0. The fourth-order valence-electron chi connectivity index (χ4n) is 1.24. The third-order valence-electron chi connectivity index (χ3n) is 1.85. The van der Waals surface area contributed by atoms with Crippen molar-refractivity contribution >= 4 is 10.0 Å². The van der Waals surface area contributed by atoms with E-state index in [1.165, 1.54) is 0 Å². The number of aryl methyl sites for hydroxylation is 2. The first-order chi connectivity index (χ1) is 6.42. The molecule has 5 nitrogen and oxygen atoms in total. The zero-order valence-corrected chi connectivity index (χ0v) is 9.43. The molecular formula is C8H15N3O2S. The SMILES string of the molecule is CCc1nn(C)cc1CNS(C)(=O)=O. The van der Waals surface area contributed by atoms with Crippen LogP contribution in [0.1, 0.15) is 18.2 Å². The number of nitrogens with zero attached hydrogens (tertiary/aromatic N) is 2. The molecule has 14 heavy (non-hydrogen) atoms. The first kappa shape index (κ1) is 11.2. The molecule has 0 unspecified atom stereocenters. The predicted octanol–water partition coefficient (Wildman–Crippen LogP) is 0.0317. The van der Waals surface area contributed by atoms with Gasteiger partial charge in [-0.3, -0.25) is 4.68 Å². The van der Waals surface area contributed by atoms with E-state index in [0.717, 1.165) is 23.9 Å². The fourth-order valence-corrected chi connectivity index (χ4v) is 1.66. The van der Waals surface area contributed by atoms with Gasteiger partial charge >= 0.3 is 0 Å². The summed E-state index contributed by atoms with van der Waals surface area (Å²) in [6.45, 7) is 2.31. The molecule has 0 bridgehead atoms. The molecule has 0 atom stereocenters. The summed E-state index contributed by atoms with van der Waals surface area (Å²) in [7, 11) is -1.30. The first-order valence-corrected chi connectivity index (χ1v) is 6.27. The van der Waals surface area contributed by atoms with Crippen LogP contribution in [0, 0.1) is 0 Å². The molecule has 0 saturated carbocycles. The van der Waals surface area contributed by atoms with Gasteiger partial charge in [0.25, 0.3) is 0 Å². The summed E-state index contributed by atoms with van der Waals surface area (Å²) < 4.78 is 25.9. The van der Waals surface area contributed by atoms with E-state index in [0.29, 0.717) is 6.54 Å². The standard InChI is InChI=1S/C8H15N3O2S/c1-4-8-7(6-11(2)10-8)5-9-14(3,12)13/h6,9H,4-5H2,1-3H3. The summed E-state index contributed by atoms with van der Waals surface area (Å²) in [6, 6.07) is 0. The maximum Gasteiger partial charge on any atom is 0.209 e. The summed E-state index contributed by atoms with van der Waals surface area (Å²) in [5.41, 5.74) is 1.86. The van der Waals surface area contributed by atoms with Gasteiger partial charge in [-0.25, -0.2) is 13.1 Å². The van der Waals surface area contributed by atoms with Crippen molar-refractivity contribution in [3.8, 4) is 0 Å². The maximum absolute atomic E-state index is 10.9. The number of sulfonamides is 1. The van der Waals surface area contributed by atoms with Crippen LogP contribution in [0.5, 0.6) is 0 Å². The van der Waals surface area contributed by atoms with Crippen LogP contribution >= 0.6 is 0 Å². The van der Waals surface area contributed by atoms with Gasteiger partial charge in [0.2, 0.25) is 10.0 Å². The van der Waals surface area contributed by atoms with Crippen molar-refractivity contribution in [1.29, 1.82) is 0 Å². The zero-order chi connectivity index (χ0) is 10.8. The van der Waals surface area contributed by atoms with Crippen molar-refractivity contribution in [3.63, 3.8) is 0 Å². The molecule has 1 aromatic rings. The molecule has 0 radical (unpaired) electrons. The van der Waals surface area contributed by atoms with Crippen LogP contribution in [0.3, 0.4) is 0 Å². The second-order valence-electron chi connectivity index (χ2n) is 3.22. The third-order valence-corrected chi connectivity index (χ3v) is 2.52. The maximum atomic E-state index is 10.9. The van der Waals surface area contributed by atoms with Crippen molar-refractivity contribution in [2.75, 3.05) is 6.26 Å². The second kappa shape index (κ2) is 4.10. The Labute approximate surface area is 84.2 Å². The molecule has 0 spiro atoms. The lowest BCUT2D eigenvalue weighted by atomic mass is 10.2. The highest BCUT2D eigenvalue weighted by atomic mass is 32.2. The number of aromatic nitrogens is 2. The van der Waals surface area contributed by atoms with E-state index in [4.69, 9.17) is 0 Å². The number of nitrogens with one attached hydrogen (secondary N) is 1. The lowest BCUT2D eigenvalue weighted by Crippen LogP contribution is -2.21. The average Bonchev–Trinajstić information content (AvgIpc) is 2.41. The van der Waals surface area contributed by atoms with Crippen LogP contribution in [0.25, 0.3) is 0 Å². The molecule has 0 saturated heterocycles. The topological polar surface area (TPSA) is 64.0 Å². The van der Waals surface area contributed by atoms with Crippen LogP contribution < -0.4 is 4.72 Å². The first-order valence-electron chi connectivity index (χ1n) is 4.38. The largest absolute Gasteiger partial charge is 0.275 e. The van der Waals surface area contributed by atoms with Crippen molar-refractivity contribution in [3.05, 3.63) is 17.5 Å². The minimum atomic E-state index is -3.13. The van der Waals surface area contributed by atoms with E-state index in [1.54, 1.807) is 4.68 Å². The monoisotopic (exact) mass is 217 g/mol. The molecule has 6 heteroatoms. The van der Waals surface area contributed by atoms with Crippen molar-refractivity contribution < 1.29 is 8.42 Å². The predicted molar refractivity (Wildman–Crippen MR) is 54.3 cm³/mol. The molecule has 0 aromatic carbocycles. The van der Waals surface area contributed by atoms with Gasteiger partial charge in [0.15, 0.2) is 0 Å². The molecule has 0 fully saturated rings. The molecule has 0 aliphatic heterocycles. The number of hydrogen-bond acceptors (Lipinski definition) is 3. The van der Waals surface area contributed by atoms with Crippen LogP contribution in [0.2, 0.25) is 0 Å². The Morgan fingerprint density at radius 3 is 2.71 bits per heavy atom. The van der Waals surface area contributed by atoms with Crippen molar-refractivity contribution in [2.24, 2.45) is 7.05 Å². The number of hydrogen-bond donors (Lipinski definition) is 1. The van der Waals surface area contributed by atoms with Crippen LogP contribution in [-0.4, -0.2) is 24.5 Å². The average molecular weight is 217 g/mol. The molecule has 0 aliphatic carbocycles. The Hall–Kier alpha value is -0.880. The van der Waals surface area contributed by atoms with Crippen LogP contribution in [0.15, 0.2) is 6.20 Å². The van der Waals surface area contributed by atoms with E-state index < -0.39 is 10.0 Å². The lowest BCUT2D eigenvalue weighted by molar-refractivity contribution is 0.587. The Bertz CT molecular complexity index is 408. The van der Waals surface area contributed by atoms with Gasteiger partial charge in [-0.15, -0.1) is 0 Å². The molecule has 1 rings (SSSR count). The van der Waals surface area contributed by atoms with Crippen molar-refractivity contribution in [2.45, 2.75) is 19.9 Å². The van der Waals surface area contributed by atoms with E-state index in [2.05, 4.69) is 9.82 Å². The normalized spacial score (nSPS) is 11.9. The highest BCUT2D eigenvalue weighted by Gasteiger charge is 2.07. The highest BCUT2D eigenvalue weighted by Crippen LogP contribution is 2.06. The minimum absolute atomic E-state index is 0.315. The van der Waals surface area contributed by atoms with E-state index >= 15 is 0 Å². The van der Waals surface area contributed by atoms with Gasteiger partial charge in [-0.05, 0) is 6.42 Å². The summed E-state index contributed by atoms with van der Waals surface area (Å²) in [6.07, 6.45) is 3.79. The molecule has 0 amide bonds. The molecule has 0 aliphatic rings. The van der Waals surface area contributed by atoms with E-state index in [-0.39, 0.29) is 0 Å². The highest BCUT2D eigenvalue weighted by molar-refractivity contribution is 7.88. The van der Waals surface area contributed by atoms with Gasteiger partial charge < -0.3 is 0 Å². The van der Waals surface area contributed by atoms with Crippen LogP contribution in [0.4, 0.5) is 0 Å². The molecular weight excluding hydrogens is 202 g/mol. The summed E-state index contributed by atoms with van der Waals surface area (Å²) >= 11 is 0. The van der Waals surface area contributed by atoms with Gasteiger partial charge in [0, 0.05) is 25.4 Å². The Morgan fingerprint density at radius 2 is 2.21 bits per heavy atom. The van der Waals surface area contributed by atoms with Gasteiger partial charge in [-0.2, -0.15) is 5.10 Å². The minimum Gasteiger partial charge on any atom is -0.275 e. The van der Waals surface area contributed by atoms with Gasteiger partial charge in [0.1, 0.15) is 0 Å². The summed E-state index contributed by atoms with van der Waals surface area (Å²) in [5, 5.41) is 4.21. The Balaban J connectivity index is 2.76. The number of rotatable bonds is 4. The molecule has 1 N–H and O–H groups in total. The smallest absolute Gasteiger partial charge is 0.209 e. The molecule has 1 aromatic heterocycles. The van der Waals surface area contributed by atoms with Crippen LogP contribution in [-0.2, 0) is 30.0 Å². The van der Waals surface area contributed by atoms with Crippen molar-refractivity contribution in [1.82, 2.24) is 14.5 Å². The molecule has 1 heterocycles. The Kier molecular flexibility index (Phi) is 3.28. The van der Waals surface area contributed by atoms with E-state index in [9.17, 15) is 8.42 Å². The van der Waals surface area contributed by atoms with E-state index in [1.807, 2.05) is 20.2 Å². The summed E-state index contributed by atoms with van der Waals surface area (Å²) in [5.74, 6) is 0. The zero-order valence-electron chi connectivity index (χ0n) is 8.61. The van der Waals surface area contributed by atoms with Gasteiger partial charge in [0.05, 0.1) is 11.9 Å². The quantitative estimate of drug-likeness (QED) is 0.774. The lowest BCUT2D eigenvalue weighted by Gasteiger charge is -2.00. The molecule has 80 valence electrons. The third kappa shape index (κ3) is 3.12.